The lowest BCUT2D eigenvalue weighted by molar-refractivity contribution is -0.257. The van der Waals surface area contributed by atoms with Crippen LogP contribution >= 0.6 is 0 Å². The Labute approximate surface area is 223 Å². The molecule has 10 atom stereocenters. The number of carbonyl (C=O) groups is 3. The highest BCUT2D eigenvalue weighted by atomic mass is 16.7. The quantitative estimate of drug-likeness (QED) is 0.237. The van der Waals surface area contributed by atoms with Gasteiger partial charge >= 0.3 is 17.9 Å². The van der Waals surface area contributed by atoms with Gasteiger partial charge in [-0.1, -0.05) is 40.7 Å². The average Bonchev–Trinajstić information content (AvgIpc) is 3.39. The summed E-state index contributed by atoms with van der Waals surface area (Å²) < 4.78 is 29.9. The summed E-state index contributed by atoms with van der Waals surface area (Å²) in [5, 5.41) is 0. The number of allylic oxidation sites excluding steroid dienone is 1. The molecule has 2 saturated carbocycles. The summed E-state index contributed by atoms with van der Waals surface area (Å²) in [6.07, 6.45) is 7.53. The molecule has 0 aromatic carbocycles. The van der Waals surface area contributed by atoms with Crippen LogP contribution in [0, 0.1) is 33.5 Å². The van der Waals surface area contributed by atoms with Gasteiger partial charge in [0.05, 0.1) is 12.5 Å². The number of cyclic esters (lactones) is 1. The van der Waals surface area contributed by atoms with E-state index in [9.17, 15) is 14.4 Å². The smallest absolute Gasteiger partial charge is 0.339 e. The lowest BCUT2D eigenvalue weighted by atomic mass is 9.35. The van der Waals surface area contributed by atoms with E-state index in [4.69, 9.17) is 23.4 Å². The first-order valence-electron chi connectivity index (χ1n) is 13.7. The molecular weight excluding hydrogens is 488 g/mol. The van der Waals surface area contributed by atoms with E-state index >= 15 is 0 Å². The number of fused-ring (bicyclic) bond motifs is 3. The second kappa shape index (κ2) is 7.74. The van der Waals surface area contributed by atoms with Gasteiger partial charge in [0.15, 0.2) is 6.10 Å². The van der Waals surface area contributed by atoms with Crippen LogP contribution in [0.1, 0.15) is 79.4 Å². The third kappa shape index (κ3) is 2.93. The maximum atomic E-state index is 13.3. The summed E-state index contributed by atoms with van der Waals surface area (Å²) in [7, 11) is 0. The monoisotopic (exact) mass is 526 g/mol. The topological polar surface area (TPSA) is 105 Å². The zero-order valence-corrected chi connectivity index (χ0v) is 23.2. The number of ether oxygens (including phenoxy) is 4. The van der Waals surface area contributed by atoms with Crippen molar-refractivity contribution in [2.75, 3.05) is 0 Å². The van der Waals surface area contributed by atoms with Crippen molar-refractivity contribution >= 4 is 17.9 Å². The minimum absolute atomic E-state index is 0.0425. The van der Waals surface area contributed by atoms with Gasteiger partial charge < -0.3 is 23.4 Å². The van der Waals surface area contributed by atoms with E-state index < -0.39 is 40.2 Å². The number of hydrogen-bond acceptors (Lipinski definition) is 8. The summed E-state index contributed by atoms with van der Waals surface area (Å²) >= 11 is 0. The molecular formula is C30H38O8. The number of epoxide rings is 1. The molecule has 0 bridgehead atoms. The number of furan rings is 1. The van der Waals surface area contributed by atoms with Gasteiger partial charge in [0.1, 0.15) is 23.9 Å². The second-order valence-corrected chi connectivity index (χ2v) is 13.4. The first-order chi connectivity index (χ1) is 17.7. The molecule has 0 N–H and O–H groups in total. The highest BCUT2D eigenvalue weighted by molar-refractivity contribution is 5.82. The van der Waals surface area contributed by atoms with Crippen molar-refractivity contribution < 1.29 is 37.7 Å². The van der Waals surface area contributed by atoms with Crippen LogP contribution < -0.4 is 0 Å². The van der Waals surface area contributed by atoms with Gasteiger partial charge in [0.25, 0.3) is 0 Å². The minimum Gasteiger partial charge on any atom is -0.472 e. The largest absolute Gasteiger partial charge is 0.472 e. The standard InChI is InChI=1S/C30H38O8/c1-16(31)35-21-9-11-27(5)19-8-12-28(6)23(18-10-13-34-15-18)37-25(33)24-30(28,38-24)29(19,7)22(36-17(2)32)14-20(27)26(21,3)4/h9-11,13,15,19-24H,8,12,14H2,1-7H3/t19?,20?,21?,22-,23+,24-,27-,28+,29+,30-/m1/s1. The van der Waals surface area contributed by atoms with Crippen molar-refractivity contribution in [2.45, 2.75) is 97.7 Å². The van der Waals surface area contributed by atoms with E-state index in [-0.39, 0.29) is 41.3 Å². The number of esters is 3. The predicted octanol–water partition coefficient (Wildman–Crippen LogP) is 4.92. The molecule has 0 amide bonds. The van der Waals surface area contributed by atoms with Crippen LogP contribution in [0.25, 0.3) is 0 Å². The Morgan fingerprint density at radius 2 is 1.71 bits per heavy atom. The van der Waals surface area contributed by atoms with Gasteiger partial charge in [-0.3, -0.25) is 9.59 Å². The van der Waals surface area contributed by atoms with Crippen molar-refractivity contribution in [2.24, 2.45) is 33.5 Å². The van der Waals surface area contributed by atoms with Gasteiger partial charge in [0, 0.05) is 35.7 Å². The second-order valence-electron chi connectivity index (χ2n) is 13.4. The molecule has 5 aliphatic rings. The highest BCUT2D eigenvalue weighted by Gasteiger charge is 2.88. The van der Waals surface area contributed by atoms with Crippen LogP contribution in [-0.2, 0) is 33.3 Å². The molecule has 38 heavy (non-hydrogen) atoms. The number of hydrogen-bond donors (Lipinski definition) is 0. The first-order valence-corrected chi connectivity index (χ1v) is 13.7. The van der Waals surface area contributed by atoms with Gasteiger partial charge in [-0.05, 0) is 48.7 Å². The average molecular weight is 527 g/mol. The Kier molecular flexibility index (Phi) is 5.22. The lowest BCUT2D eigenvalue weighted by Crippen LogP contribution is -2.73. The highest BCUT2D eigenvalue weighted by Crippen LogP contribution is 2.80. The van der Waals surface area contributed by atoms with Gasteiger partial charge in [-0.25, -0.2) is 4.79 Å². The summed E-state index contributed by atoms with van der Waals surface area (Å²) in [5.74, 6) is -0.948. The minimum atomic E-state index is -0.862. The Morgan fingerprint density at radius 3 is 2.34 bits per heavy atom. The van der Waals surface area contributed by atoms with Crippen LogP contribution in [0.5, 0.6) is 0 Å². The Morgan fingerprint density at radius 1 is 1.00 bits per heavy atom. The van der Waals surface area contributed by atoms with Crippen molar-refractivity contribution in [1.82, 2.24) is 0 Å². The number of rotatable bonds is 3. The van der Waals surface area contributed by atoms with E-state index in [1.807, 2.05) is 12.1 Å². The fourth-order valence-electron chi connectivity index (χ4n) is 9.70. The Balaban J connectivity index is 1.51. The van der Waals surface area contributed by atoms with Crippen LogP contribution in [0.15, 0.2) is 35.2 Å². The number of carbonyl (C=O) groups excluding carboxylic acids is 3. The molecule has 3 aliphatic carbocycles. The van der Waals surface area contributed by atoms with E-state index in [1.165, 1.54) is 13.8 Å². The molecule has 2 aliphatic heterocycles. The molecule has 6 rings (SSSR count). The molecule has 2 saturated heterocycles. The summed E-state index contributed by atoms with van der Waals surface area (Å²) in [5.41, 5.74) is -1.97. The van der Waals surface area contributed by atoms with E-state index in [0.29, 0.717) is 6.42 Å². The SMILES string of the molecule is CC(=O)OC1C=C[C@@]2(C)C(C[C@@H](OC(C)=O)[C@]3(C)C2CC[C@@]2(C)[C@H](c4ccoc4)OC(=O)[C@H]4O[C@]423)C1(C)C. The van der Waals surface area contributed by atoms with Crippen molar-refractivity contribution in [3.05, 3.63) is 36.3 Å². The van der Waals surface area contributed by atoms with Crippen LogP contribution in [0.3, 0.4) is 0 Å². The van der Waals surface area contributed by atoms with Crippen LogP contribution in [0.2, 0.25) is 0 Å². The fraction of sp³-hybridized carbons (Fsp3) is 0.700. The maximum absolute atomic E-state index is 13.3. The van der Waals surface area contributed by atoms with E-state index in [1.54, 1.807) is 12.5 Å². The normalized spacial score (nSPS) is 47.9. The zero-order valence-electron chi connectivity index (χ0n) is 23.2. The third-order valence-corrected chi connectivity index (χ3v) is 11.3. The zero-order chi connectivity index (χ0) is 27.5. The Bertz CT molecular complexity index is 1220. The van der Waals surface area contributed by atoms with Crippen molar-refractivity contribution in [3.63, 3.8) is 0 Å². The fourth-order valence-corrected chi connectivity index (χ4v) is 9.70. The third-order valence-electron chi connectivity index (χ3n) is 11.3. The molecule has 1 spiro atoms. The maximum Gasteiger partial charge on any atom is 0.339 e. The molecule has 206 valence electrons. The predicted molar refractivity (Wildman–Crippen MR) is 134 cm³/mol. The Hall–Kier alpha value is -2.61. The van der Waals surface area contributed by atoms with E-state index in [0.717, 1.165) is 18.4 Å². The lowest BCUT2D eigenvalue weighted by Gasteiger charge is -2.69. The van der Waals surface area contributed by atoms with Gasteiger partial charge in [-0.2, -0.15) is 0 Å². The van der Waals surface area contributed by atoms with Gasteiger partial charge in [0.2, 0.25) is 0 Å². The molecule has 4 fully saturated rings. The summed E-state index contributed by atoms with van der Waals surface area (Å²) in [6.45, 7) is 13.7. The first kappa shape index (κ1) is 25.7. The molecule has 3 heterocycles. The van der Waals surface area contributed by atoms with E-state index in [2.05, 4.69) is 40.7 Å². The summed E-state index contributed by atoms with van der Waals surface area (Å²) in [6, 6.07) is 1.84. The molecule has 8 nitrogen and oxygen atoms in total. The molecule has 1 aromatic rings. The van der Waals surface area contributed by atoms with Crippen LogP contribution in [-0.4, -0.2) is 41.8 Å². The molecule has 8 heteroatoms. The summed E-state index contributed by atoms with van der Waals surface area (Å²) in [4.78, 5) is 37.8. The molecule has 0 radical (unpaired) electrons. The van der Waals surface area contributed by atoms with Gasteiger partial charge in [-0.15, -0.1) is 0 Å². The molecule has 3 unspecified atom stereocenters. The van der Waals surface area contributed by atoms with Crippen molar-refractivity contribution in [1.29, 1.82) is 0 Å². The van der Waals surface area contributed by atoms with Crippen molar-refractivity contribution in [3.8, 4) is 0 Å². The van der Waals surface area contributed by atoms with Crippen LogP contribution in [0.4, 0.5) is 0 Å². The molecule has 1 aromatic heterocycles.